The van der Waals surface area contributed by atoms with Crippen molar-refractivity contribution in [2.45, 2.75) is 32.0 Å². The first-order chi connectivity index (χ1) is 8.70. The molecule has 8 heteroatoms. The zero-order valence-electron chi connectivity index (χ0n) is 10.4. The fourth-order valence-electron chi connectivity index (χ4n) is 2.01. The highest BCUT2D eigenvalue weighted by Crippen LogP contribution is 2.25. The lowest BCUT2D eigenvalue weighted by molar-refractivity contribution is -0.151. The molecule has 0 aromatic rings. The van der Waals surface area contributed by atoms with Gasteiger partial charge in [0, 0.05) is 6.54 Å². The molecular weight excluding hydrogens is 283 g/mol. The molecule has 1 N–H and O–H groups in total. The number of piperidine rings is 1. The molecule has 0 saturated carbocycles. The van der Waals surface area contributed by atoms with Crippen LogP contribution in [-0.2, 0) is 9.59 Å². The number of carbonyl (C=O) groups excluding carboxylic acids is 1. The Morgan fingerprint density at radius 3 is 2.58 bits per heavy atom. The van der Waals surface area contributed by atoms with Gasteiger partial charge in [0.2, 0.25) is 5.91 Å². The van der Waals surface area contributed by atoms with Crippen molar-refractivity contribution in [1.82, 2.24) is 4.90 Å². The van der Waals surface area contributed by atoms with Gasteiger partial charge in [0.05, 0.1) is 11.5 Å². The molecule has 1 amide bonds. The Morgan fingerprint density at radius 1 is 1.42 bits per heavy atom. The van der Waals surface area contributed by atoms with Crippen LogP contribution in [0.1, 0.15) is 19.8 Å². The maximum atomic E-state index is 12.0. The van der Waals surface area contributed by atoms with E-state index in [1.165, 1.54) is 4.90 Å². The topological polar surface area (TPSA) is 57.6 Å². The second-order valence-corrected chi connectivity index (χ2v) is 5.66. The number of carboxylic acid groups (broad SMARTS) is 1. The minimum atomic E-state index is -4.31. The number of carboxylic acids is 1. The van der Waals surface area contributed by atoms with Crippen molar-refractivity contribution in [3.63, 3.8) is 0 Å². The molecule has 2 atom stereocenters. The summed E-state index contributed by atoms with van der Waals surface area (Å²) in [5.74, 6) is -2.86. The summed E-state index contributed by atoms with van der Waals surface area (Å²) in [6, 6.07) is -0.914. The molecule has 2 unspecified atom stereocenters. The van der Waals surface area contributed by atoms with Crippen molar-refractivity contribution >= 4 is 23.6 Å². The summed E-state index contributed by atoms with van der Waals surface area (Å²) in [5, 5.41) is 9.05. The second-order valence-electron chi connectivity index (χ2n) is 4.68. The van der Waals surface area contributed by atoms with E-state index in [1.807, 2.05) is 6.92 Å². The molecule has 1 heterocycles. The number of alkyl halides is 3. The summed E-state index contributed by atoms with van der Waals surface area (Å²) >= 11 is 0.467. The molecule has 0 aromatic carbocycles. The van der Waals surface area contributed by atoms with E-state index in [1.54, 1.807) is 0 Å². The van der Waals surface area contributed by atoms with Crippen molar-refractivity contribution in [2.24, 2.45) is 5.92 Å². The lowest BCUT2D eigenvalue weighted by Crippen LogP contribution is -2.50. The number of rotatable bonds is 4. The number of likely N-dealkylation sites (tertiary alicyclic amines) is 1. The van der Waals surface area contributed by atoms with Crippen molar-refractivity contribution in [2.75, 3.05) is 18.1 Å². The van der Waals surface area contributed by atoms with Crippen LogP contribution in [0.3, 0.4) is 0 Å². The number of amides is 1. The summed E-state index contributed by atoms with van der Waals surface area (Å²) in [7, 11) is 0. The average Bonchev–Trinajstić information content (AvgIpc) is 2.26. The normalized spacial score (nSPS) is 24.3. The fourth-order valence-corrected chi connectivity index (χ4v) is 2.69. The monoisotopic (exact) mass is 299 g/mol. The van der Waals surface area contributed by atoms with Gasteiger partial charge in [0.25, 0.3) is 0 Å². The summed E-state index contributed by atoms with van der Waals surface area (Å²) < 4.78 is 35.9. The van der Waals surface area contributed by atoms with Crippen LogP contribution in [0.4, 0.5) is 13.2 Å². The summed E-state index contributed by atoms with van der Waals surface area (Å²) in [5.41, 5.74) is 0. The minimum absolute atomic E-state index is 0.202. The molecule has 19 heavy (non-hydrogen) atoms. The van der Waals surface area contributed by atoms with E-state index < -0.39 is 29.8 Å². The molecule has 0 aromatic heterocycles. The van der Waals surface area contributed by atoms with E-state index in [0.717, 1.165) is 0 Å². The lowest BCUT2D eigenvalue weighted by atomic mass is 9.92. The molecule has 1 fully saturated rings. The van der Waals surface area contributed by atoms with Crippen molar-refractivity contribution in [1.29, 1.82) is 0 Å². The van der Waals surface area contributed by atoms with Gasteiger partial charge in [-0.05, 0) is 18.8 Å². The maximum Gasteiger partial charge on any atom is 0.397 e. The highest BCUT2D eigenvalue weighted by atomic mass is 32.2. The van der Waals surface area contributed by atoms with Gasteiger partial charge in [0.15, 0.2) is 0 Å². The third-order valence-electron chi connectivity index (χ3n) is 2.96. The standard InChI is InChI=1S/C11H16F3NO3S/c1-7-2-3-15(8(4-7)10(17)18)9(16)5-19-6-11(12,13)14/h7-8H,2-6H2,1H3,(H,17,18). The number of aliphatic carboxylic acids is 1. The molecule has 1 saturated heterocycles. The second kappa shape index (κ2) is 6.49. The first-order valence-electron chi connectivity index (χ1n) is 5.87. The number of thioether (sulfide) groups is 1. The van der Waals surface area contributed by atoms with E-state index in [-0.39, 0.29) is 11.7 Å². The molecule has 0 spiro atoms. The van der Waals surface area contributed by atoms with Crippen molar-refractivity contribution < 1.29 is 27.9 Å². The first-order valence-corrected chi connectivity index (χ1v) is 7.03. The number of hydrogen-bond acceptors (Lipinski definition) is 3. The molecule has 110 valence electrons. The van der Waals surface area contributed by atoms with E-state index in [4.69, 9.17) is 5.11 Å². The lowest BCUT2D eigenvalue weighted by Gasteiger charge is -2.36. The largest absolute Gasteiger partial charge is 0.480 e. The van der Waals surface area contributed by atoms with Crippen LogP contribution in [0.15, 0.2) is 0 Å². The van der Waals surface area contributed by atoms with E-state index in [0.29, 0.717) is 31.1 Å². The maximum absolute atomic E-state index is 12.0. The SMILES string of the molecule is CC1CCN(C(=O)CSCC(F)(F)F)C(C(=O)O)C1. The number of carbonyl (C=O) groups is 2. The van der Waals surface area contributed by atoms with Crippen LogP contribution in [0, 0.1) is 5.92 Å². The summed E-state index contributed by atoms with van der Waals surface area (Å²) in [4.78, 5) is 24.0. The number of halogens is 3. The number of nitrogens with zero attached hydrogens (tertiary/aromatic N) is 1. The minimum Gasteiger partial charge on any atom is -0.480 e. The van der Waals surface area contributed by atoms with Gasteiger partial charge in [-0.2, -0.15) is 13.2 Å². The highest BCUT2D eigenvalue weighted by molar-refractivity contribution is 8.00. The number of hydrogen-bond donors (Lipinski definition) is 1. The van der Waals surface area contributed by atoms with Gasteiger partial charge < -0.3 is 10.0 Å². The molecule has 1 aliphatic rings. The predicted octanol–water partition coefficient (Wildman–Crippen LogP) is 1.99. The molecule has 0 aliphatic carbocycles. The van der Waals surface area contributed by atoms with Crippen molar-refractivity contribution in [3.8, 4) is 0 Å². The molecule has 1 aliphatic heterocycles. The quantitative estimate of drug-likeness (QED) is 0.862. The summed E-state index contributed by atoms with van der Waals surface area (Å²) in [6.45, 7) is 2.19. The van der Waals surface area contributed by atoms with E-state index >= 15 is 0 Å². The molecular formula is C11H16F3NO3S. The van der Waals surface area contributed by atoms with Crippen LogP contribution in [0.2, 0.25) is 0 Å². The molecule has 1 rings (SSSR count). The first kappa shape index (κ1) is 16.1. The van der Waals surface area contributed by atoms with Gasteiger partial charge in [-0.3, -0.25) is 4.79 Å². The smallest absolute Gasteiger partial charge is 0.397 e. The highest BCUT2D eigenvalue weighted by Gasteiger charge is 2.35. The Labute approximate surface area is 113 Å². The Bertz CT molecular complexity index is 349. The molecule has 0 radical (unpaired) electrons. The van der Waals surface area contributed by atoms with E-state index in [9.17, 15) is 22.8 Å². The van der Waals surface area contributed by atoms with Gasteiger partial charge in [-0.25, -0.2) is 4.79 Å². The fraction of sp³-hybridized carbons (Fsp3) is 0.818. The third kappa shape index (κ3) is 5.30. The Morgan fingerprint density at radius 2 is 2.05 bits per heavy atom. The average molecular weight is 299 g/mol. The van der Waals surface area contributed by atoms with Crippen molar-refractivity contribution in [3.05, 3.63) is 0 Å². The third-order valence-corrected chi connectivity index (χ3v) is 3.94. The van der Waals surface area contributed by atoms with Gasteiger partial charge in [-0.15, -0.1) is 11.8 Å². The van der Waals surface area contributed by atoms with Crippen LogP contribution in [0.25, 0.3) is 0 Å². The zero-order chi connectivity index (χ0) is 14.6. The van der Waals surface area contributed by atoms with Crippen LogP contribution < -0.4 is 0 Å². The Balaban J connectivity index is 2.52. The van der Waals surface area contributed by atoms with Crippen LogP contribution >= 0.6 is 11.8 Å². The Hall–Kier alpha value is -0.920. The summed E-state index contributed by atoms with van der Waals surface area (Å²) in [6.07, 6.45) is -3.28. The van der Waals surface area contributed by atoms with Crippen LogP contribution in [-0.4, -0.2) is 52.2 Å². The zero-order valence-corrected chi connectivity index (χ0v) is 11.3. The molecule has 0 bridgehead atoms. The predicted molar refractivity (Wildman–Crippen MR) is 64.9 cm³/mol. The molecule has 4 nitrogen and oxygen atoms in total. The Kier molecular flexibility index (Phi) is 5.51. The van der Waals surface area contributed by atoms with Crippen LogP contribution in [0.5, 0.6) is 0 Å². The van der Waals surface area contributed by atoms with Gasteiger partial charge >= 0.3 is 12.1 Å². The van der Waals surface area contributed by atoms with Gasteiger partial charge in [-0.1, -0.05) is 6.92 Å². The van der Waals surface area contributed by atoms with E-state index in [2.05, 4.69) is 0 Å². The van der Waals surface area contributed by atoms with Gasteiger partial charge in [0.1, 0.15) is 6.04 Å².